The van der Waals surface area contributed by atoms with Gasteiger partial charge >= 0.3 is 6.18 Å². The Morgan fingerprint density at radius 3 is 1.98 bits per heavy atom. The molecule has 3 atom stereocenters. The van der Waals surface area contributed by atoms with Gasteiger partial charge in [0.25, 0.3) is 0 Å². The van der Waals surface area contributed by atoms with Crippen LogP contribution in [0.4, 0.5) is 22.0 Å². The van der Waals surface area contributed by atoms with Crippen LogP contribution in [-0.4, -0.2) is 53.7 Å². The van der Waals surface area contributed by atoms with Gasteiger partial charge in [0, 0.05) is 31.5 Å². The van der Waals surface area contributed by atoms with Gasteiger partial charge in [-0.2, -0.15) is 18.4 Å². The first-order valence-corrected chi connectivity index (χ1v) is 17.5. The summed E-state index contributed by atoms with van der Waals surface area (Å²) in [7, 11) is 0. The van der Waals surface area contributed by atoms with E-state index in [9.17, 15) is 36.8 Å². The van der Waals surface area contributed by atoms with Crippen LogP contribution in [0.2, 0.25) is 0 Å². The number of nitrogens with one attached hydrogen (secondary N) is 2. The van der Waals surface area contributed by atoms with Gasteiger partial charge in [-0.25, -0.2) is 8.78 Å². The molecule has 3 unspecified atom stereocenters. The van der Waals surface area contributed by atoms with Gasteiger partial charge in [-0.15, -0.1) is 6.42 Å². The van der Waals surface area contributed by atoms with Crippen molar-refractivity contribution in [3.05, 3.63) is 94.8 Å². The van der Waals surface area contributed by atoms with E-state index in [4.69, 9.17) is 6.42 Å². The summed E-state index contributed by atoms with van der Waals surface area (Å²) in [6.07, 6.45) is 2.76. The molecule has 0 saturated heterocycles. The van der Waals surface area contributed by atoms with Crippen LogP contribution in [0.1, 0.15) is 88.1 Å². The topological polar surface area (TPSA) is 85.2 Å². The maximum atomic E-state index is 14.9. The first-order chi connectivity index (χ1) is 24.5. The Bertz CT molecular complexity index is 1780. The molecule has 276 valence electrons. The van der Waals surface area contributed by atoms with Crippen LogP contribution >= 0.6 is 0 Å². The number of benzene rings is 3. The molecule has 6 nitrogen and oxygen atoms in total. The summed E-state index contributed by atoms with van der Waals surface area (Å²) in [5.41, 5.74) is -0.153. The zero-order valence-electron chi connectivity index (χ0n) is 29.9. The van der Waals surface area contributed by atoms with Crippen molar-refractivity contribution in [3.63, 3.8) is 0 Å². The number of halogens is 5. The van der Waals surface area contributed by atoms with E-state index < -0.39 is 53.5 Å². The lowest BCUT2D eigenvalue weighted by molar-refractivity contribution is -0.161. The van der Waals surface area contributed by atoms with Gasteiger partial charge in [0.05, 0.1) is 17.5 Å². The Kier molecular flexibility index (Phi) is 12.9. The van der Waals surface area contributed by atoms with Gasteiger partial charge < -0.3 is 10.2 Å². The van der Waals surface area contributed by atoms with E-state index in [0.717, 1.165) is 56.7 Å². The maximum Gasteiger partial charge on any atom is 0.407 e. The number of nitrogens with zero attached hydrogens (tertiary/aromatic N) is 2. The molecule has 3 aromatic carbocycles. The van der Waals surface area contributed by atoms with Crippen LogP contribution in [0.25, 0.3) is 11.1 Å². The van der Waals surface area contributed by atoms with Crippen molar-refractivity contribution < 1.29 is 31.5 Å². The summed E-state index contributed by atoms with van der Waals surface area (Å²) in [5, 5.41) is 14.3. The van der Waals surface area contributed by atoms with Crippen molar-refractivity contribution in [2.75, 3.05) is 13.1 Å². The second-order valence-electron chi connectivity index (χ2n) is 14.0. The number of nitriles is 1. The second-order valence-corrected chi connectivity index (χ2v) is 14.0. The summed E-state index contributed by atoms with van der Waals surface area (Å²) in [4.78, 5) is 28.7. The van der Waals surface area contributed by atoms with Crippen molar-refractivity contribution in [3.8, 4) is 29.5 Å². The van der Waals surface area contributed by atoms with Crippen LogP contribution in [0.5, 0.6) is 0 Å². The molecule has 4 rings (SSSR count). The van der Waals surface area contributed by atoms with E-state index in [1.807, 2.05) is 49.1 Å². The Morgan fingerprint density at radius 1 is 0.942 bits per heavy atom. The number of carbonyl (C=O) groups is 2. The van der Waals surface area contributed by atoms with Gasteiger partial charge in [-0.05, 0) is 79.5 Å². The highest BCUT2D eigenvalue weighted by Crippen LogP contribution is 2.50. The number of hydrogen-bond donors (Lipinski definition) is 2. The van der Waals surface area contributed by atoms with Crippen molar-refractivity contribution in [1.29, 1.82) is 5.26 Å². The van der Waals surface area contributed by atoms with E-state index in [0.29, 0.717) is 18.7 Å². The van der Waals surface area contributed by atoms with E-state index in [1.54, 1.807) is 0 Å². The lowest BCUT2D eigenvalue weighted by Gasteiger charge is -2.30. The highest BCUT2D eigenvalue weighted by molar-refractivity contribution is 5.91. The molecule has 1 aliphatic carbocycles. The van der Waals surface area contributed by atoms with Crippen LogP contribution < -0.4 is 10.6 Å². The molecular formula is C41H45F5N4O2. The molecule has 1 fully saturated rings. The molecule has 52 heavy (non-hydrogen) atoms. The fourth-order valence-corrected chi connectivity index (χ4v) is 6.48. The van der Waals surface area contributed by atoms with Crippen LogP contribution in [0.3, 0.4) is 0 Å². The minimum Gasteiger partial charge on any atom is -0.342 e. The second kappa shape index (κ2) is 16.7. The molecule has 0 bridgehead atoms. The third-order valence-corrected chi connectivity index (χ3v) is 9.27. The van der Waals surface area contributed by atoms with E-state index in [1.165, 1.54) is 36.4 Å². The first-order valence-electron chi connectivity index (χ1n) is 17.5. The molecule has 1 saturated carbocycles. The summed E-state index contributed by atoms with van der Waals surface area (Å²) in [6, 6.07) is 13.5. The smallest absolute Gasteiger partial charge is 0.342 e. The molecule has 2 amide bonds. The molecule has 0 aliphatic heterocycles. The predicted octanol–water partition coefficient (Wildman–Crippen LogP) is 8.11. The van der Waals surface area contributed by atoms with Gasteiger partial charge in [0.15, 0.2) is 0 Å². The molecule has 0 heterocycles. The third kappa shape index (κ3) is 9.98. The fourth-order valence-electron chi connectivity index (χ4n) is 6.48. The maximum absolute atomic E-state index is 14.9. The average molecular weight is 721 g/mol. The van der Waals surface area contributed by atoms with Gasteiger partial charge in [0.1, 0.15) is 23.6 Å². The van der Waals surface area contributed by atoms with Crippen LogP contribution in [-0.2, 0) is 21.4 Å². The minimum atomic E-state index is -4.88. The van der Waals surface area contributed by atoms with Crippen molar-refractivity contribution >= 4 is 11.8 Å². The van der Waals surface area contributed by atoms with Gasteiger partial charge in [-0.3, -0.25) is 14.9 Å². The fraction of sp³-hybridized carbons (Fsp3) is 0.439. The number of hydrogen-bond acceptors (Lipinski definition) is 4. The highest BCUT2D eigenvalue weighted by atomic mass is 19.4. The molecule has 3 aromatic rings. The van der Waals surface area contributed by atoms with Crippen molar-refractivity contribution in [1.82, 2.24) is 15.5 Å². The Morgan fingerprint density at radius 2 is 1.52 bits per heavy atom. The summed E-state index contributed by atoms with van der Waals surface area (Å²) < 4.78 is 73.1. The minimum absolute atomic E-state index is 0.0650. The number of amides is 2. The van der Waals surface area contributed by atoms with Crippen molar-refractivity contribution in [2.24, 2.45) is 0 Å². The van der Waals surface area contributed by atoms with E-state index >= 15 is 0 Å². The van der Waals surface area contributed by atoms with Crippen molar-refractivity contribution in [2.45, 2.75) is 102 Å². The Hall–Kier alpha value is -4.74. The lowest BCUT2D eigenvalue weighted by Crippen LogP contribution is -2.53. The van der Waals surface area contributed by atoms with Gasteiger partial charge in [-0.1, -0.05) is 74.4 Å². The molecule has 0 aromatic heterocycles. The molecule has 0 radical (unpaired) electrons. The number of alkyl halides is 4. The number of rotatable bonds is 16. The molecule has 2 N–H and O–H groups in total. The number of terminal acetylenes is 1. The summed E-state index contributed by atoms with van der Waals surface area (Å²) in [6.45, 7) is 7.76. The lowest BCUT2D eigenvalue weighted by atomic mass is 9.91. The first kappa shape index (κ1) is 40.0. The summed E-state index contributed by atoms with van der Waals surface area (Å²) >= 11 is 0. The molecule has 11 heteroatoms. The van der Waals surface area contributed by atoms with Gasteiger partial charge in [0.2, 0.25) is 11.8 Å². The Labute approximate surface area is 302 Å². The van der Waals surface area contributed by atoms with E-state index in [-0.39, 0.29) is 29.0 Å². The Balaban J connectivity index is 1.52. The van der Waals surface area contributed by atoms with E-state index in [2.05, 4.69) is 16.6 Å². The molecule has 0 spiro atoms. The predicted molar refractivity (Wildman–Crippen MR) is 191 cm³/mol. The number of carbonyl (C=O) groups excluding carboxylic acids is 2. The normalized spacial score (nSPS) is 15.4. The monoisotopic (exact) mass is 720 g/mol. The standard InChI is InChI=1S/C41H45F5N4O2/c1-6-21-50(22-7-2)38(52)40(19-20-40)32-17-15-29(16-18-32)28-11-13-30(14-12-28)36(41(44,45)46)49-35(25-39(4,5)43)37(51)48-33(26-47)24-31-10-9-27(8-3)23-34(31)42/h3,9-18,23,33,35-36,49H,6-7,19-22,24-25H2,1-2,4-5H3,(H,48,51). The zero-order chi connectivity index (χ0) is 38.3. The quantitative estimate of drug-likeness (QED) is 0.116. The largest absolute Gasteiger partial charge is 0.407 e. The molecular weight excluding hydrogens is 675 g/mol. The summed E-state index contributed by atoms with van der Waals surface area (Å²) in [5.74, 6) is 0.677. The highest BCUT2D eigenvalue weighted by Gasteiger charge is 2.52. The van der Waals surface area contributed by atoms with Crippen LogP contribution in [0.15, 0.2) is 66.7 Å². The average Bonchev–Trinajstić information content (AvgIpc) is 3.91. The van der Waals surface area contributed by atoms with Crippen LogP contribution in [0, 0.1) is 29.5 Å². The molecule has 1 aliphatic rings. The SMILES string of the molecule is C#Cc1ccc(CC(C#N)NC(=O)C(CC(C)(C)F)NC(c2ccc(-c3ccc(C4(C(=O)N(CCC)CCC)CC4)cc3)cc2)C(F)(F)F)c(F)c1. The third-order valence-electron chi connectivity index (χ3n) is 9.27. The zero-order valence-corrected chi connectivity index (χ0v) is 29.9.